The molecule has 8 heteroatoms. The second-order valence-corrected chi connectivity index (χ2v) is 7.02. The van der Waals surface area contributed by atoms with E-state index in [9.17, 15) is 14.4 Å². The lowest BCUT2D eigenvalue weighted by atomic mass is 10.1. The summed E-state index contributed by atoms with van der Waals surface area (Å²) in [6, 6.07) is 9.69. The highest BCUT2D eigenvalue weighted by molar-refractivity contribution is 5.89. The van der Waals surface area contributed by atoms with Crippen molar-refractivity contribution in [1.29, 1.82) is 0 Å². The van der Waals surface area contributed by atoms with Crippen molar-refractivity contribution in [3.8, 4) is 0 Å². The largest absolute Gasteiger partial charge is 0.354 e. The maximum atomic E-state index is 12.8. The van der Waals surface area contributed by atoms with Gasteiger partial charge in [0.2, 0.25) is 11.8 Å². The van der Waals surface area contributed by atoms with Crippen molar-refractivity contribution in [2.45, 2.75) is 19.9 Å². The minimum Gasteiger partial charge on any atom is -0.354 e. The third-order valence-corrected chi connectivity index (χ3v) is 5.08. The van der Waals surface area contributed by atoms with Gasteiger partial charge >= 0.3 is 5.69 Å². The molecule has 0 spiro atoms. The van der Waals surface area contributed by atoms with Crippen LogP contribution in [0.4, 0.5) is 0 Å². The van der Waals surface area contributed by atoms with E-state index in [2.05, 4.69) is 10.4 Å². The fourth-order valence-electron chi connectivity index (χ4n) is 3.61. The molecule has 140 valence electrons. The van der Waals surface area contributed by atoms with Crippen molar-refractivity contribution in [2.75, 3.05) is 20.1 Å². The van der Waals surface area contributed by atoms with E-state index in [1.165, 1.54) is 4.68 Å². The van der Waals surface area contributed by atoms with Crippen LogP contribution in [0, 0.1) is 12.8 Å². The zero-order valence-corrected chi connectivity index (χ0v) is 15.3. The SMILES string of the molecule is Cc1cc2ccccc2n2c(=O)n(CCNC(=O)[C@@H]3CC(=O)N(C)C3)nc12. The van der Waals surface area contributed by atoms with Gasteiger partial charge in [-0.1, -0.05) is 18.2 Å². The summed E-state index contributed by atoms with van der Waals surface area (Å²) < 4.78 is 2.98. The number of nitrogens with one attached hydrogen (secondary N) is 1. The first-order valence-corrected chi connectivity index (χ1v) is 8.95. The van der Waals surface area contributed by atoms with Crippen LogP contribution in [0.15, 0.2) is 35.1 Å². The normalized spacial score (nSPS) is 17.2. The Morgan fingerprint density at radius 2 is 2.07 bits per heavy atom. The predicted octanol–water partition coefficient (Wildman–Crippen LogP) is 0.552. The van der Waals surface area contributed by atoms with E-state index in [4.69, 9.17) is 0 Å². The number of aromatic nitrogens is 3. The Labute approximate surface area is 155 Å². The van der Waals surface area contributed by atoms with Crippen LogP contribution in [0.5, 0.6) is 0 Å². The van der Waals surface area contributed by atoms with Gasteiger partial charge < -0.3 is 10.2 Å². The number of hydrogen-bond acceptors (Lipinski definition) is 4. The van der Waals surface area contributed by atoms with E-state index in [0.29, 0.717) is 12.2 Å². The molecule has 1 fully saturated rings. The molecular weight excluding hydrogens is 346 g/mol. The van der Waals surface area contributed by atoms with Crippen LogP contribution in [-0.2, 0) is 16.1 Å². The third-order valence-electron chi connectivity index (χ3n) is 5.08. The number of amides is 2. The lowest BCUT2D eigenvalue weighted by Gasteiger charge is -2.10. The van der Waals surface area contributed by atoms with E-state index in [-0.39, 0.29) is 42.9 Å². The molecule has 2 amide bonds. The highest BCUT2D eigenvalue weighted by atomic mass is 16.2. The molecule has 0 aliphatic carbocycles. The number of carbonyl (C=O) groups excluding carboxylic acids is 2. The van der Waals surface area contributed by atoms with E-state index in [0.717, 1.165) is 16.5 Å². The van der Waals surface area contributed by atoms with Crippen LogP contribution >= 0.6 is 0 Å². The van der Waals surface area contributed by atoms with Crippen LogP contribution in [0.2, 0.25) is 0 Å². The smallest absolute Gasteiger partial charge is 0.350 e. The van der Waals surface area contributed by atoms with E-state index < -0.39 is 0 Å². The van der Waals surface area contributed by atoms with Gasteiger partial charge in [-0.15, -0.1) is 5.10 Å². The summed E-state index contributed by atoms with van der Waals surface area (Å²) in [6.45, 7) is 2.92. The van der Waals surface area contributed by atoms with Crippen molar-refractivity contribution in [2.24, 2.45) is 5.92 Å². The van der Waals surface area contributed by atoms with Gasteiger partial charge in [0.15, 0.2) is 5.65 Å². The van der Waals surface area contributed by atoms with Crippen molar-refractivity contribution in [3.63, 3.8) is 0 Å². The molecule has 0 bridgehead atoms. The van der Waals surface area contributed by atoms with Gasteiger partial charge in [-0.05, 0) is 30.0 Å². The highest BCUT2D eigenvalue weighted by Gasteiger charge is 2.31. The first-order chi connectivity index (χ1) is 13.0. The molecular formula is C19H21N5O3. The standard InChI is InChI=1S/C19H21N5O3/c1-12-9-13-5-3-4-6-15(13)24-17(12)21-23(19(24)27)8-7-20-18(26)14-10-16(25)22(2)11-14/h3-6,9,14H,7-8,10-11H2,1-2H3,(H,20,26)/t14-/m1/s1. The van der Waals surface area contributed by atoms with Crippen LogP contribution < -0.4 is 11.0 Å². The number of aryl methyl sites for hydroxylation is 1. The molecule has 3 heterocycles. The Morgan fingerprint density at radius 3 is 2.81 bits per heavy atom. The molecule has 27 heavy (non-hydrogen) atoms. The first-order valence-electron chi connectivity index (χ1n) is 8.95. The van der Waals surface area contributed by atoms with Gasteiger partial charge in [-0.25, -0.2) is 13.9 Å². The molecule has 4 rings (SSSR count). The molecule has 1 N–H and O–H groups in total. The first kappa shape index (κ1) is 17.3. The van der Waals surface area contributed by atoms with Gasteiger partial charge in [-0.3, -0.25) is 9.59 Å². The van der Waals surface area contributed by atoms with Crippen LogP contribution in [0.3, 0.4) is 0 Å². The molecule has 1 saturated heterocycles. The molecule has 1 aliphatic rings. The second kappa shape index (κ2) is 6.53. The number of fused-ring (bicyclic) bond motifs is 3. The summed E-state index contributed by atoms with van der Waals surface area (Å²) >= 11 is 0. The van der Waals surface area contributed by atoms with Crippen molar-refractivity contribution >= 4 is 28.4 Å². The Morgan fingerprint density at radius 1 is 1.30 bits per heavy atom. The van der Waals surface area contributed by atoms with Crippen molar-refractivity contribution in [1.82, 2.24) is 24.4 Å². The highest BCUT2D eigenvalue weighted by Crippen LogP contribution is 2.18. The van der Waals surface area contributed by atoms with Crippen LogP contribution in [-0.4, -0.2) is 51.0 Å². The molecule has 0 unspecified atom stereocenters. The Bertz CT molecular complexity index is 1110. The summed E-state index contributed by atoms with van der Waals surface area (Å²) in [5, 5.41) is 8.22. The number of carbonyl (C=O) groups is 2. The zero-order chi connectivity index (χ0) is 19.1. The third kappa shape index (κ3) is 2.97. The molecule has 0 saturated carbocycles. The zero-order valence-electron chi connectivity index (χ0n) is 15.3. The summed E-state index contributed by atoms with van der Waals surface area (Å²) in [4.78, 5) is 38.1. The number of likely N-dealkylation sites (tertiary alicyclic amines) is 1. The average Bonchev–Trinajstić information content (AvgIpc) is 3.16. The summed E-state index contributed by atoms with van der Waals surface area (Å²) in [5.74, 6) is -0.508. The number of pyridine rings is 1. The molecule has 2 aromatic heterocycles. The quantitative estimate of drug-likeness (QED) is 0.729. The topological polar surface area (TPSA) is 88.7 Å². The van der Waals surface area contributed by atoms with Crippen LogP contribution in [0.25, 0.3) is 16.6 Å². The molecule has 3 aromatic rings. The molecule has 1 aliphatic heterocycles. The Kier molecular flexibility index (Phi) is 4.18. The number of para-hydroxylation sites is 1. The maximum absolute atomic E-state index is 12.8. The Hall–Kier alpha value is -3.16. The predicted molar refractivity (Wildman–Crippen MR) is 100 cm³/mol. The average molecular weight is 367 g/mol. The van der Waals surface area contributed by atoms with Gasteiger partial charge in [0, 0.05) is 26.6 Å². The van der Waals surface area contributed by atoms with E-state index in [1.807, 2.05) is 37.3 Å². The fourth-order valence-corrected chi connectivity index (χ4v) is 3.61. The Balaban J connectivity index is 1.53. The van der Waals surface area contributed by atoms with Gasteiger partial charge in [-0.2, -0.15) is 0 Å². The second-order valence-electron chi connectivity index (χ2n) is 7.02. The lowest BCUT2D eigenvalue weighted by molar-refractivity contribution is -0.128. The van der Waals surface area contributed by atoms with Gasteiger partial charge in [0.25, 0.3) is 0 Å². The number of hydrogen-bond donors (Lipinski definition) is 1. The van der Waals surface area contributed by atoms with E-state index in [1.54, 1.807) is 16.3 Å². The number of rotatable bonds is 4. The van der Waals surface area contributed by atoms with Gasteiger partial charge in [0.1, 0.15) is 0 Å². The van der Waals surface area contributed by atoms with E-state index >= 15 is 0 Å². The molecule has 1 aromatic carbocycles. The molecule has 8 nitrogen and oxygen atoms in total. The fraction of sp³-hybridized carbons (Fsp3) is 0.368. The van der Waals surface area contributed by atoms with Crippen molar-refractivity contribution in [3.05, 3.63) is 46.4 Å². The summed E-state index contributed by atoms with van der Waals surface area (Å²) in [6.07, 6.45) is 0.238. The molecule has 1 atom stereocenters. The minimum absolute atomic E-state index is 0.0194. The monoisotopic (exact) mass is 367 g/mol. The lowest BCUT2D eigenvalue weighted by Crippen LogP contribution is -2.36. The van der Waals surface area contributed by atoms with Crippen molar-refractivity contribution < 1.29 is 9.59 Å². The van der Waals surface area contributed by atoms with Gasteiger partial charge in [0.05, 0.1) is 18.0 Å². The molecule has 0 radical (unpaired) electrons. The van der Waals surface area contributed by atoms with Crippen LogP contribution in [0.1, 0.15) is 12.0 Å². The number of benzene rings is 1. The minimum atomic E-state index is -0.327. The summed E-state index contributed by atoms with van der Waals surface area (Å²) in [5.41, 5.74) is 2.12. The maximum Gasteiger partial charge on any atom is 0.350 e. The summed E-state index contributed by atoms with van der Waals surface area (Å²) in [7, 11) is 1.69. The number of nitrogens with zero attached hydrogens (tertiary/aromatic N) is 4.